The van der Waals surface area contributed by atoms with Crippen molar-refractivity contribution in [2.24, 2.45) is 0 Å². The Hall–Kier alpha value is -3.90. The molecular formula is C26H19F4N3O4S. The van der Waals surface area contributed by atoms with Crippen LogP contribution < -0.4 is 0 Å². The van der Waals surface area contributed by atoms with E-state index in [0.717, 1.165) is 28.7 Å². The van der Waals surface area contributed by atoms with Gasteiger partial charge in [0.15, 0.2) is 5.78 Å². The lowest BCUT2D eigenvalue weighted by atomic mass is 10.0. The van der Waals surface area contributed by atoms with E-state index in [0.29, 0.717) is 17.0 Å². The van der Waals surface area contributed by atoms with Crippen molar-refractivity contribution in [2.45, 2.75) is 30.2 Å². The Morgan fingerprint density at radius 2 is 1.89 bits per heavy atom. The van der Waals surface area contributed by atoms with Crippen LogP contribution in [0.15, 0.2) is 82.6 Å². The average Bonchev–Trinajstić information content (AvgIpc) is 3.55. The molecule has 38 heavy (non-hydrogen) atoms. The fourth-order valence-corrected chi connectivity index (χ4v) is 5.63. The molecule has 0 spiro atoms. The van der Waals surface area contributed by atoms with Crippen LogP contribution in [0.2, 0.25) is 0 Å². The van der Waals surface area contributed by atoms with Crippen molar-refractivity contribution in [2.75, 3.05) is 6.54 Å². The summed E-state index contributed by atoms with van der Waals surface area (Å²) in [6.45, 7) is -0.0303. The van der Waals surface area contributed by atoms with Crippen LogP contribution in [0, 0.1) is 5.82 Å². The number of rotatable bonds is 7. The zero-order valence-electron chi connectivity index (χ0n) is 19.5. The molecule has 0 fully saturated rings. The van der Waals surface area contributed by atoms with Gasteiger partial charge in [-0.3, -0.25) is 14.8 Å². The van der Waals surface area contributed by atoms with Crippen molar-refractivity contribution in [3.05, 3.63) is 90.2 Å². The molecule has 1 aromatic carbocycles. The highest BCUT2D eigenvalue weighted by Crippen LogP contribution is 2.31. The molecule has 0 bridgehead atoms. The zero-order chi connectivity index (χ0) is 27.1. The van der Waals surface area contributed by atoms with Crippen LogP contribution in [-0.2, 0) is 27.4 Å². The molecule has 1 atom stereocenters. The molecular weight excluding hydrogens is 526 g/mol. The quantitative estimate of drug-likeness (QED) is 0.235. The molecule has 5 rings (SSSR count). The highest BCUT2D eigenvalue weighted by atomic mass is 32.2. The topological polar surface area (TPSA) is 93.4 Å². The first-order valence-electron chi connectivity index (χ1n) is 11.4. The molecule has 1 aliphatic heterocycles. The molecule has 3 aromatic heterocycles. The first kappa shape index (κ1) is 25.7. The number of sulfonamides is 1. The summed E-state index contributed by atoms with van der Waals surface area (Å²) in [7, 11) is -4.19. The van der Waals surface area contributed by atoms with E-state index < -0.39 is 38.7 Å². The van der Waals surface area contributed by atoms with E-state index in [4.69, 9.17) is 4.42 Å². The summed E-state index contributed by atoms with van der Waals surface area (Å²) in [6.07, 6.45) is 0.923. The van der Waals surface area contributed by atoms with E-state index in [1.807, 2.05) is 0 Å². The minimum Gasteiger partial charge on any atom is -0.443 e. The summed E-state index contributed by atoms with van der Waals surface area (Å²) in [5.74, 6) is -0.908. The third kappa shape index (κ3) is 5.09. The number of carbonyl (C=O) groups excluding carboxylic acids is 1. The zero-order valence-corrected chi connectivity index (χ0v) is 20.3. The molecule has 1 aliphatic rings. The van der Waals surface area contributed by atoms with Crippen molar-refractivity contribution < 1.29 is 35.2 Å². The predicted octanol–water partition coefficient (Wildman–Crippen LogP) is 5.18. The van der Waals surface area contributed by atoms with E-state index >= 15 is 0 Å². The first-order valence-corrected chi connectivity index (χ1v) is 12.9. The Morgan fingerprint density at radius 3 is 2.63 bits per heavy atom. The molecule has 7 nitrogen and oxygen atoms in total. The van der Waals surface area contributed by atoms with E-state index in [9.17, 15) is 30.8 Å². The number of hydrogen-bond acceptors (Lipinski definition) is 6. The van der Waals surface area contributed by atoms with Crippen LogP contribution >= 0.6 is 0 Å². The van der Waals surface area contributed by atoms with E-state index in [2.05, 4.69) is 9.97 Å². The molecule has 12 heteroatoms. The van der Waals surface area contributed by atoms with Gasteiger partial charge in [0, 0.05) is 48.1 Å². The van der Waals surface area contributed by atoms with Crippen LogP contribution in [-0.4, -0.2) is 41.1 Å². The molecule has 0 saturated heterocycles. The molecule has 196 valence electrons. The average molecular weight is 546 g/mol. The lowest BCUT2D eigenvalue weighted by molar-refractivity contribution is -0.137. The van der Waals surface area contributed by atoms with Crippen LogP contribution in [0.4, 0.5) is 17.6 Å². The maximum absolute atomic E-state index is 13.5. The number of carbonyl (C=O) groups is 1. The number of pyridine rings is 2. The van der Waals surface area contributed by atoms with Gasteiger partial charge in [-0.15, -0.1) is 0 Å². The molecule has 0 N–H and O–H groups in total. The lowest BCUT2D eigenvalue weighted by Gasteiger charge is -2.21. The smallest absolute Gasteiger partial charge is 0.417 e. The van der Waals surface area contributed by atoms with Crippen molar-refractivity contribution >= 4 is 26.8 Å². The fourth-order valence-electron chi connectivity index (χ4n) is 4.16. The molecule has 0 radical (unpaired) electrons. The Morgan fingerprint density at radius 1 is 1.08 bits per heavy atom. The van der Waals surface area contributed by atoms with Crippen molar-refractivity contribution in [3.63, 3.8) is 0 Å². The Balaban J connectivity index is 1.29. The predicted molar refractivity (Wildman–Crippen MR) is 129 cm³/mol. The van der Waals surface area contributed by atoms with E-state index in [1.54, 1.807) is 18.2 Å². The number of benzene rings is 1. The highest BCUT2D eigenvalue weighted by molar-refractivity contribution is 7.89. The summed E-state index contributed by atoms with van der Waals surface area (Å²) in [4.78, 5) is 21.1. The summed E-state index contributed by atoms with van der Waals surface area (Å²) in [6, 6.07) is 9.21. The minimum absolute atomic E-state index is 0.0303. The second-order valence-electron chi connectivity index (χ2n) is 8.63. The lowest BCUT2D eigenvalue weighted by Crippen LogP contribution is -2.40. The molecule has 0 aliphatic carbocycles. The van der Waals surface area contributed by atoms with Crippen LogP contribution in [0.25, 0.3) is 22.2 Å². The normalized spacial score (nSPS) is 16.4. The number of halogens is 4. The Bertz CT molecular complexity index is 1650. The van der Waals surface area contributed by atoms with Crippen LogP contribution in [0.3, 0.4) is 0 Å². The number of Topliss-reactive ketones (excluding diaryl/α,β-unsaturated/α-hetero) is 1. The first-order chi connectivity index (χ1) is 18.0. The van der Waals surface area contributed by atoms with Gasteiger partial charge < -0.3 is 4.42 Å². The third-order valence-electron chi connectivity index (χ3n) is 6.09. The van der Waals surface area contributed by atoms with Crippen LogP contribution in [0.1, 0.15) is 17.7 Å². The maximum Gasteiger partial charge on any atom is 0.417 e. The summed E-state index contributed by atoms with van der Waals surface area (Å²) in [5, 5.41) is -0.106. The van der Waals surface area contributed by atoms with Crippen molar-refractivity contribution in [1.29, 1.82) is 0 Å². The van der Waals surface area contributed by atoms with Gasteiger partial charge in [-0.1, -0.05) is 12.2 Å². The monoisotopic (exact) mass is 545 g/mol. The number of aromatic nitrogens is 2. The standard InChI is InChI=1S/C26H19F4N3O4S/c27-19-4-8-24-17(12-19)14-25(37-24)38(35,36)33-11-1-2-22(33)23(34)7-5-20-13-16(9-10-31-20)21-6-3-18(15-32-21)26(28,29)30/h1-4,6,8-10,12-15,22H,5,7,11H2/t22-/m0/s1. The fraction of sp³-hybridized carbons (Fsp3) is 0.192. The Kier molecular flexibility index (Phi) is 6.61. The van der Waals surface area contributed by atoms with Gasteiger partial charge >= 0.3 is 6.18 Å². The van der Waals surface area contributed by atoms with Gasteiger partial charge in [-0.25, -0.2) is 12.8 Å². The van der Waals surface area contributed by atoms with Crippen molar-refractivity contribution in [3.8, 4) is 11.3 Å². The SMILES string of the molecule is O=C(CCc1cc(-c2ccc(C(F)(F)F)cn2)ccn1)[C@@H]1C=CCN1S(=O)(=O)c1cc2cc(F)ccc2o1. The number of aryl methyl sites for hydroxylation is 1. The molecule has 0 saturated carbocycles. The number of fused-ring (bicyclic) bond motifs is 1. The molecule has 4 heterocycles. The largest absolute Gasteiger partial charge is 0.443 e. The maximum atomic E-state index is 13.5. The van der Waals surface area contributed by atoms with E-state index in [-0.39, 0.29) is 36.1 Å². The van der Waals surface area contributed by atoms with Gasteiger partial charge in [-0.05, 0) is 48.9 Å². The van der Waals surface area contributed by atoms with Gasteiger partial charge in [0.2, 0.25) is 5.09 Å². The molecule has 4 aromatic rings. The molecule has 0 amide bonds. The number of alkyl halides is 3. The van der Waals surface area contributed by atoms with Gasteiger partial charge in [0.05, 0.1) is 11.3 Å². The van der Waals surface area contributed by atoms with Gasteiger partial charge in [0.1, 0.15) is 17.4 Å². The van der Waals surface area contributed by atoms with Crippen molar-refractivity contribution in [1.82, 2.24) is 14.3 Å². The molecule has 0 unspecified atom stereocenters. The summed E-state index contributed by atoms with van der Waals surface area (Å²) >= 11 is 0. The Labute approximate surface area is 214 Å². The number of furan rings is 1. The minimum atomic E-state index is -4.49. The van der Waals surface area contributed by atoms with Crippen LogP contribution in [0.5, 0.6) is 0 Å². The van der Waals surface area contributed by atoms with Gasteiger partial charge in [-0.2, -0.15) is 17.5 Å². The number of nitrogens with zero attached hydrogens (tertiary/aromatic N) is 3. The summed E-state index contributed by atoms with van der Waals surface area (Å²) in [5.41, 5.74) is 0.680. The number of ketones is 1. The van der Waals surface area contributed by atoms with Gasteiger partial charge in [0.25, 0.3) is 10.0 Å². The third-order valence-corrected chi connectivity index (χ3v) is 7.80. The summed E-state index contributed by atoms with van der Waals surface area (Å²) < 4.78 is 84.8. The second-order valence-corrected chi connectivity index (χ2v) is 10.4. The highest BCUT2D eigenvalue weighted by Gasteiger charge is 2.38. The number of hydrogen-bond donors (Lipinski definition) is 0. The van der Waals surface area contributed by atoms with E-state index in [1.165, 1.54) is 30.5 Å². The second kappa shape index (κ2) is 9.76.